The molecule has 1 atom stereocenters. The molecule has 1 N–H and O–H groups in total. The van der Waals surface area contributed by atoms with E-state index in [1.807, 2.05) is 4.90 Å². The van der Waals surface area contributed by atoms with Gasteiger partial charge in [0.25, 0.3) is 0 Å². The molecule has 2 heterocycles. The van der Waals surface area contributed by atoms with Crippen LogP contribution in [0.2, 0.25) is 0 Å². The Hall–Kier alpha value is -1.10. The summed E-state index contributed by atoms with van der Waals surface area (Å²) in [5, 5.41) is 3.25. The summed E-state index contributed by atoms with van der Waals surface area (Å²) in [6.45, 7) is 5.90. The normalized spacial score (nSPS) is 25.0. The van der Waals surface area contributed by atoms with Gasteiger partial charge in [0.2, 0.25) is 0 Å². The van der Waals surface area contributed by atoms with Gasteiger partial charge in [-0.25, -0.2) is 0 Å². The fourth-order valence-electron chi connectivity index (χ4n) is 3.00. The molecular weight excluding hydrogens is 242 g/mol. The molecule has 2 rings (SSSR count). The van der Waals surface area contributed by atoms with Crippen molar-refractivity contribution in [1.82, 2.24) is 15.1 Å². The van der Waals surface area contributed by atoms with Crippen molar-refractivity contribution in [2.24, 2.45) is 0 Å². The van der Waals surface area contributed by atoms with Crippen LogP contribution in [0.3, 0.4) is 0 Å². The summed E-state index contributed by atoms with van der Waals surface area (Å²) in [5.74, 6) is -0.586. The van der Waals surface area contributed by atoms with Crippen LogP contribution in [-0.2, 0) is 9.59 Å². The van der Waals surface area contributed by atoms with Gasteiger partial charge in [-0.15, -0.1) is 0 Å². The molecule has 2 fully saturated rings. The first-order valence-corrected chi connectivity index (χ1v) is 7.54. The van der Waals surface area contributed by atoms with Crippen molar-refractivity contribution in [2.45, 2.75) is 45.1 Å². The molecule has 1 unspecified atom stereocenters. The van der Waals surface area contributed by atoms with E-state index in [1.54, 1.807) is 4.90 Å². The molecule has 0 aliphatic carbocycles. The zero-order chi connectivity index (χ0) is 13.7. The van der Waals surface area contributed by atoms with E-state index < -0.39 is 0 Å². The Morgan fingerprint density at radius 1 is 1.05 bits per heavy atom. The molecule has 2 saturated heterocycles. The predicted molar refractivity (Wildman–Crippen MR) is 73.7 cm³/mol. The number of nitrogens with one attached hydrogen (secondary N) is 1. The number of piperidine rings is 1. The van der Waals surface area contributed by atoms with Crippen LogP contribution in [0.15, 0.2) is 0 Å². The largest absolute Gasteiger partial charge is 0.333 e. The summed E-state index contributed by atoms with van der Waals surface area (Å²) in [5.41, 5.74) is 0. The average molecular weight is 267 g/mol. The van der Waals surface area contributed by atoms with Crippen LogP contribution in [0.25, 0.3) is 0 Å². The Labute approximate surface area is 115 Å². The Kier molecular flexibility index (Phi) is 5.19. The van der Waals surface area contributed by atoms with E-state index in [4.69, 9.17) is 0 Å². The number of carbonyl (C=O) groups is 2. The van der Waals surface area contributed by atoms with Crippen LogP contribution in [0.1, 0.15) is 39.0 Å². The van der Waals surface area contributed by atoms with Crippen molar-refractivity contribution in [2.75, 3.05) is 32.7 Å². The molecule has 0 aromatic carbocycles. The monoisotopic (exact) mass is 267 g/mol. The third kappa shape index (κ3) is 3.47. The highest BCUT2D eigenvalue weighted by molar-refractivity contribution is 6.35. The van der Waals surface area contributed by atoms with Crippen molar-refractivity contribution < 1.29 is 9.59 Å². The van der Waals surface area contributed by atoms with Gasteiger partial charge in [0, 0.05) is 32.2 Å². The van der Waals surface area contributed by atoms with Crippen LogP contribution >= 0.6 is 0 Å². The highest BCUT2D eigenvalue weighted by atomic mass is 16.2. The summed E-state index contributed by atoms with van der Waals surface area (Å²) in [7, 11) is 0. The molecule has 5 nitrogen and oxygen atoms in total. The lowest BCUT2D eigenvalue weighted by molar-refractivity contribution is -0.154. The fraction of sp³-hybridized carbons (Fsp3) is 0.857. The molecule has 0 aromatic rings. The zero-order valence-electron chi connectivity index (χ0n) is 11.9. The summed E-state index contributed by atoms with van der Waals surface area (Å²) in [6, 6.07) is 0.260. The first kappa shape index (κ1) is 14.3. The molecule has 108 valence electrons. The number of rotatable bonds is 1. The number of nitrogens with zero attached hydrogens (tertiary/aromatic N) is 2. The maximum Gasteiger partial charge on any atom is 0.312 e. The summed E-state index contributed by atoms with van der Waals surface area (Å²) >= 11 is 0. The van der Waals surface area contributed by atoms with Gasteiger partial charge < -0.3 is 15.1 Å². The maximum absolute atomic E-state index is 12.4. The number of amides is 2. The molecule has 2 aliphatic rings. The molecule has 0 spiro atoms. The van der Waals surface area contributed by atoms with Crippen LogP contribution < -0.4 is 5.32 Å². The van der Waals surface area contributed by atoms with Crippen LogP contribution in [0.5, 0.6) is 0 Å². The second-order valence-electron chi connectivity index (χ2n) is 5.45. The van der Waals surface area contributed by atoms with E-state index >= 15 is 0 Å². The van der Waals surface area contributed by atoms with Gasteiger partial charge in [0.15, 0.2) is 0 Å². The lowest BCUT2D eigenvalue weighted by Gasteiger charge is -2.35. The van der Waals surface area contributed by atoms with E-state index in [9.17, 15) is 9.59 Å². The predicted octanol–water partition coefficient (Wildman–Crippen LogP) is 0.599. The minimum Gasteiger partial charge on any atom is -0.333 e. The minimum atomic E-state index is -0.302. The Balaban J connectivity index is 1.98. The first-order valence-electron chi connectivity index (χ1n) is 7.54. The van der Waals surface area contributed by atoms with Crippen LogP contribution in [0.4, 0.5) is 0 Å². The van der Waals surface area contributed by atoms with E-state index in [-0.39, 0.29) is 17.9 Å². The summed E-state index contributed by atoms with van der Waals surface area (Å²) in [6.07, 6.45) is 5.11. The van der Waals surface area contributed by atoms with Gasteiger partial charge in [-0.3, -0.25) is 9.59 Å². The van der Waals surface area contributed by atoms with Crippen molar-refractivity contribution in [3.8, 4) is 0 Å². The van der Waals surface area contributed by atoms with Gasteiger partial charge in [-0.2, -0.15) is 0 Å². The average Bonchev–Trinajstić information content (AvgIpc) is 2.74. The van der Waals surface area contributed by atoms with E-state index in [0.29, 0.717) is 13.1 Å². The number of hydrogen-bond acceptors (Lipinski definition) is 3. The van der Waals surface area contributed by atoms with Crippen molar-refractivity contribution in [3.05, 3.63) is 0 Å². The molecule has 0 radical (unpaired) electrons. The van der Waals surface area contributed by atoms with Crippen molar-refractivity contribution in [1.29, 1.82) is 0 Å². The zero-order valence-corrected chi connectivity index (χ0v) is 11.9. The third-order valence-corrected chi connectivity index (χ3v) is 4.17. The fourth-order valence-corrected chi connectivity index (χ4v) is 3.00. The van der Waals surface area contributed by atoms with Gasteiger partial charge in [0.1, 0.15) is 0 Å². The molecule has 0 saturated carbocycles. The Morgan fingerprint density at radius 2 is 1.89 bits per heavy atom. The highest BCUT2D eigenvalue weighted by Crippen LogP contribution is 2.20. The third-order valence-electron chi connectivity index (χ3n) is 4.17. The first-order chi connectivity index (χ1) is 9.24. The van der Waals surface area contributed by atoms with E-state index in [0.717, 1.165) is 45.3 Å². The second kappa shape index (κ2) is 6.89. The van der Waals surface area contributed by atoms with E-state index in [1.165, 1.54) is 6.42 Å². The molecule has 19 heavy (non-hydrogen) atoms. The van der Waals surface area contributed by atoms with Crippen molar-refractivity contribution in [3.63, 3.8) is 0 Å². The Bertz CT molecular complexity index is 325. The number of carbonyl (C=O) groups excluding carboxylic acids is 2. The quantitative estimate of drug-likeness (QED) is 0.708. The van der Waals surface area contributed by atoms with E-state index in [2.05, 4.69) is 12.2 Å². The standard InChI is InChI=1S/C14H25N3O2/c1-2-12-6-3-4-10-17(12)14(19)13(18)16-9-5-7-15-8-11-16/h12,15H,2-11H2,1H3. The topological polar surface area (TPSA) is 52.7 Å². The highest BCUT2D eigenvalue weighted by Gasteiger charge is 2.32. The van der Waals surface area contributed by atoms with Gasteiger partial charge in [-0.1, -0.05) is 6.92 Å². The second-order valence-corrected chi connectivity index (χ2v) is 5.45. The summed E-state index contributed by atoms with van der Waals surface area (Å²) < 4.78 is 0. The molecule has 0 aromatic heterocycles. The maximum atomic E-state index is 12.4. The molecule has 5 heteroatoms. The van der Waals surface area contributed by atoms with Gasteiger partial charge in [-0.05, 0) is 38.6 Å². The SMILES string of the molecule is CCC1CCCCN1C(=O)C(=O)N1CCCNCC1. The number of hydrogen-bond donors (Lipinski definition) is 1. The Morgan fingerprint density at radius 3 is 2.68 bits per heavy atom. The van der Waals surface area contributed by atoms with Crippen LogP contribution in [0, 0.1) is 0 Å². The summed E-state index contributed by atoms with van der Waals surface area (Å²) in [4.78, 5) is 28.2. The lowest BCUT2D eigenvalue weighted by Crippen LogP contribution is -2.51. The minimum absolute atomic E-state index is 0.260. The molecular formula is C14H25N3O2. The molecule has 0 bridgehead atoms. The smallest absolute Gasteiger partial charge is 0.312 e. The number of likely N-dealkylation sites (tertiary alicyclic amines) is 1. The van der Waals surface area contributed by atoms with Gasteiger partial charge >= 0.3 is 11.8 Å². The van der Waals surface area contributed by atoms with Crippen molar-refractivity contribution >= 4 is 11.8 Å². The molecule has 2 amide bonds. The van der Waals surface area contributed by atoms with Crippen LogP contribution in [-0.4, -0.2) is 60.4 Å². The van der Waals surface area contributed by atoms with Gasteiger partial charge in [0.05, 0.1) is 0 Å². The molecule has 2 aliphatic heterocycles. The lowest BCUT2D eigenvalue weighted by atomic mass is 10.00.